The van der Waals surface area contributed by atoms with Gasteiger partial charge >= 0.3 is 0 Å². The van der Waals surface area contributed by atoms with E-state index in [2.05, 4.69) is 30.6 Å². The van der Waals surface area contributed by atoms with Crippen molar-refractivity contribution >= 4 is 0 Å². The fraction of sp³-hybridized carbons (Fsp3) is 0.419. The molecule has 0 heterocycles. The lowest BCUT2D eigenvalue weighted by Crippen LogP contribution is -2.30. The Morgan fingerprint density at radius 3 is 2.30 bits per heavy atom. The zero-order valence-electron chi connectivity index (χ0n) is 19.6. The van der Waals surface area contributed by atoms with Crippen LogP contribution in [0.5, 0.6) is 0 Å². The van der Waals surface area contributed by atoms with Crippen molar-refractivity contribution in [1.29, 1.82) is 0 Å². The molecule has 2 aliphatic rings. The third-order valence-electron chi connectivity index (χ3n) is 7.65. The maximum Gasteiger partial charge on any atom is 0.139 e. The van der Waals surface area contributed by atoms with Crippen LogP contribution < -0.4 is 0 Å². The van der Waals surface area contributed by atoms with Gasteiger partial charge in [0.1, 0.15) is 11.6 Å². The van der Waals surface area contributed by atoms with Crippen LogP contribution in [0.1, 0.15) is 80.0 Å². The molecule has 4 atom stereocenters. The zero-order chi connectivity index (χ0) is 23.2. The third kappa shape index (κ3) is 5.83. The molecule has 2 aromatic carbocycles. The van der Waals surface area contributed by atoms with E-state index in [-0.39, 0.29) is 11.6 Å². The molecule has 0 nitrogen and oxygen atoms in total. The zero-order valence-corrected chi connectivity index (χ0v) is 19.6. The van der Waals surface area contributed by atoms with Crippen LogP contribution in [-0.2, 0) is 6.42 Å². The van der Waals surface area contributed by atoms with Crippen molar-refractivity contribution in [2.24, 2.45) is 17.8 Å². The Bertz CT molecular complexity index is 1070. The van der Waals surface area contributed by atoms with E-state index in [1.54, 1.807) is 18.2 Å². The minimum Gasteiger partial charge on any atom is -0.206 e. The first-order valence-corrected chi connectivity index (χ1v) is 12.4. The SMILES string of the molecule is C=CC1CCC2CC(c3ccc(C#Cc4ccc(CC/C=C/C)cc4F)c(F)c3)CCC2C1. The molecule has 0 spiro atoms. The summed E-state index contributed by atoms with van der Waals surface area (Å²) in [5.41, 5.74) is 2.66. The average molecular weight is 445 g/mol. The molecule has 172 valence electrons. The summed E-state index contributed by atoms with van der Waals surface area (Å²) in [6.07, 6.45) is 15.2. The molecule has 0 aromatic heterocycles. The van der Waals surface area contributed by atoms with Gasteiger partial charge < -0.3 is 0 Å². The average Bonchev–Trinajstić information content (AvgIpc) is 2.83. The molecule has 2 aliphatic carbocycles. The maximum absolute atomic E-state index is 14.9. The second-order valence-corrected chi connectivity index (χ2v) is 9.75. The number of fused-ring (bicyclic) bond motifs is 1. The van der Waals surface area contributed by atoms with Gasteiger partial charge in [-0.2, -0.15) is 0 Å². The van der Waals surface area contributed by atoms with Gasteiger partial charge in [-0.15, -0.1) is 6.58 Å². The van der Waals surface area contributed by atoms with Gasteiger partial charge in [-0.1, -0.05) is 42.2 Å². The molecule has 0 aliphatic heterocycles. The molecule has 0 bridgehead atoms. The minimum absolute atomic E-state index is 0.305. The van der Waals surface area contributed by atoms with E-state index in [4.69, 9.17) is 0 Å². The summed E-state index contributed by atoms with van der Waals surface area (Å²) in [7, 11) is 0. The van der Waals surface area contributed by atoms with Crippen molar-refractivity contribution in [3.05, 3.63) is 95.1 Å². The van der Waals surface area contributed by atoms with Crippen molar-refractivity contribution in [1.82, 2.24) is 0 Å². The molecule has 2 saturated carbocycles. The molecule has 0 radical (unpaired) electrons. The van der Waals surface area contributed by atoms with Crippen molar-refractivity contribution in [2.45, 2.75) is 64.2 Å². The number of hydrogen-bond donors (Lipinski definition) is 0. The minimum atomic E-state index is -0.347. The highest BCUT2D eigenvalue weighted by Gasteiger charge is 2.35. The van der Waals surface area contributed by atoms with Crippen LogP contribution in [0.2, 0.25) is 0 Å². The summed E-state index contributed by atoms with van der Waals surface area (Å²) in [6.45, 7) is 5.96. The molecular formula is C31H34F2. The summed E-state index contributed by atoms with van der Waals surface area (Å²) in [5, 5.41) is 0. The van der Waals surface area contributed by atoms with Crippen LogP contribution >= 0.6 is 0 Å². The number of hydrogen-bond acceptors (Lipinski definition) is 0. The van der Waals surface area contributed by atoms with E-state index < -0.39 is 0 Å². The number of aryl methyl sites for hydroxylation is 1. The lowest BCUT2D eigenvalue weighted by atomic mass is 9.64. The summed E-state index contributed by atoms with van der Waals surface area (Å²) in [5.74, 6) is 7.68. The summed E-state index contributed by atoms with van der Waals surface area (Å²) >= 11 is 0. The normalized spacial score (nSPS) is 24.7. The van der Waals surface area contributed by atoms with E-state index in [9.17, 15) is 8.78 Å². The summed E-state index contributed by atoms with van der Waals surface area (Å²) in [4.78, 5) is 0. The maximum atomic E-state index is 14.9. The van der Waals surface area contributed by atoms with Crippen molar-refractivity contribution in [2.75, 3.05) is 0 Å². The first-order chi connectivity index (χ1) is 16.1. The number of benzene rings is 2. The molecule has 2 fully saturated rings. The topological polar surface area (TPSA) is 0 Å². The molecule has 2 aromatic rings. The number of allylic oxidation sites excluding steroid dienone is 3. The van der Waals surface area contributed by atoms with Gasteiger partial charge in [0, 0.05) is 0 Å². The third-order valence-corrected chi connectivity index (χ3v) is 7.65. The van der Waals surface area contributed by atoms with Gasteiger partial charge in [0.05, 0.1) is 11.1 Å². The predicted molar refractivity (Wildman–Crippen MR) is 133 cm³/mol. The van der Waals surface area contributed by atoms with Crippen molar-refractivity contribution in [3.63, 3.8) is 0 Å². The lowest BCUT2D eigenvalue weighted by molar-refractivity contribution is 0.133. The van der Waals surface area contributed by atoms with E-state index >= 15 is 0 Å². The second-order valence-electron chi connectivity index (χ2n) is 9.75. The van der Waals surface area contributed by atoms with Gasteiger partial charge in [-0.3, -0.25) is 0 Å². The fourth-order valence-electron chi connectivity index (χ4n) is 5.70. The largest absolute Gasteiger partial charge is 0.206 e. The van der Waals surface area contributed by atoms with E-state index in [0.717, 1.165) is 48.6 Å². The Kier molecular flexibility index (Phi) is 7.81. The fourth-order valence-corrected chi connectivity index (χ4v) is 5.70. The van der Waals surface area contributed by atoms with Crippen LogP contribution in [0.4, 0.5) is 8.78 Å². The molecular weight excluding hydrogens is 410 g/mol. The molecule has 4 unspecified atom stereocenters. The second kappa shape index (κ2) is 11.0. The lowest BCUT2D eigenvalue weighted by Gasteiger charge is -2.41. The monoisotopic (exact) mass is 444 g/mol. The summed E-state index contributed by atoms with van der Waals surface area (Å²) in [6, 6.07) is 10.6. The molecule has 0 amide bonds. The van der Waals surface area contributed by atoms with Crippen LogP contribution in [0.25, 0.3) is 0 Å². The Labute approximate surface area is 197 Å². The molecule has 4 rings (SSSR count). The predicted octanol–water partition coefficient (Wildman–Crippen LogP) is 8.36. The quantitative estimate of drug-likeness (QED) is 0.321. The first-order valence-electron chi connectivity index (χ1n) is 12.4. The van der Waals surface area contributed by atoms with E-state index in [0.29, 0.717) is 23.0 Å². The van der Waals surface area contributed by atoms with Gasteiger partial charge in [-0.25, -0.2) is 8.78 Å². The highest BCUT2D eigenvalue weighted by molar-refractivity contribution is 5.46. The number of rotatable bonds is 5. The Morgan fingerprint density at radius 2 is 1.61 bits per heavy atom. The molecule has 0 saturated heterocycles. The highest BCUT2D eigenvalue weighted by Crippen LogP contribution is 2.47. The summed E-state index contributed by atoms with van der Waals surface area (Å²) < 4.78 is 29.3. The number of halogens is 2. The van der Waals surface area contributed by atoms with E-state index in [1.807, 2.05) is 25.1 Å². The molecule has 2 heteroatoms. The van der Waals surface area contributed by atoms with Crippen LogP contribution in [-0.4, -0.2) is 0 Å². The van der Waals surface area contributed by atoms with Gasteiger partial charge in [0.2, 0.25) is 0 Å². The first kappa shape index (κ1) is 23.5. The van der Waals surface area contributed by atoms with Crippen LogP contribution in [0.15, 0.2) is 61.2 Å². The highest BCUT2D eigenvalue weighted by atomic mass is 19.1. The van der Waals surface area contributed by atoms with Gasteiger partial charge in [0.25, 0.3) is 0 Å². The van der Waals surface area contributed by atoms with Gasteiger partial charge in [-0.05, 0) is 117 Å². The Hall–Kier alpha value is -2.66. The van der Waals surface area contributed by atoms with E-state index in [1.165, 1.54) is 31.7 Å². The van der Waals surface area contributed by atoms with Crippen molar-refractivity contribution in [3.8, 4) is 11.8 Å². The van der Waals surface area contributed by atoms with Crippen molar-refractivity contribution < 1.29 is 8.78 Å². The standard InChI is InChI=1S/C31H34F2/c1-3-5-6-7-23-9-10-24(30(32)19-23)12-13-25-14-15-29(21-31(25)33)28-17-16-26-18-22(4-2)8-11-27(26)20-28/h3-5,9-10,14-15,19,21-22,26-28H,2,6-8,11,16-18,20H2,1H3/b5-3+. The van der Waals surface area contributed by atoms with Crippen LogP contribution in [0.3, 0.4) is 0 Å². The molecule has 0 N–H and O–H groups in total. The van der Waals surface area contributed by atoms with Crippen LogP contribution in [0, 0.1) is 41.2 Å². The Morgan fingerprint density at radius 1 is 0.909 bits per heavy atom. The van der Waals surface area contributed by atoms with Gasteiger partial charge in [0.15, 0.2) is 0 Å². The Balaban J connectivity index is 1.42. The smallest absolute Gasteiger partial charge is 0.139 e. The molecule has 33 heavy (non-hydrogen) atoms.